The van der Waals surface area contributed by atoms with E-state index >= 15 is 0 Å². The van der Waals surface area contributed by atoms with Crippen LogP contribution in [0.4, 0.5) is 5.69 Å². The van der Waals surface area contributed by atoms with Crippen LogP contribution >= 0.6 is 0 Å². The van der Waals surface area contributed by atoms with Gasteiger partial charge in [-0.1, -0.05) is 23.8 Å². The highest BCUT2D eigenvalue weighted by Gasteiger charge is 2.38. The summed E-state index contributed by atoms with van der Waals surface area (Å²) >= 11 is 0. The summed E-state index contributed by atoms with van der Waals surface area (Å²) in [5, 5.41) is 32.5. The minimum Gasteiger partial charge on any atom is -0.479 e. The molecule has 172 valence electrons. The number of pyridine rings is 1. The van der Waals surface area contributed by atoms with E-state index in [9.17, 15) is 9.59 Å². The van der Waals surface area contributed by atoms with Crippen molar-refractivity contribution in [2.24, 2.45) is 11.8 Å². The van der Waals surface area contributed by atoms with E-state index in [1.807, 2.05) is 6.20 Å². The molecule has 4 atom stereocenters. The number of fused-ring (bicyclic) bond motifs is 1. The van der Waals surface area contributed by atoms with Gasteiger partial charge in [0.05, 0.1) is 17.6 Å². The molecule has 2 saturated heterocycles. The second kappa shape index (κ2) is 10.1. The molecule has 4 unspecified atom stereocenters. The number of carbonyl (C=O) groups is 2. The number of aromatic nitrogens is 1. The molecule has 2 aliphatic rings. The number of aliphatic hydroxyl groups excluding tert-OH is 2. The van der Waals surface area contributed by atoms with Gasteiger partial charge in [-0.2, -0.15) is 0 Å². The van der Waals surface area contributed by atoms with Gasteiger partial charge in [-0.15, -0.1) is 0 Å². The lowest BCUT2D eigenvalue weighted by molar-refractivity contribution is -0.165. The fourth-order valence-electron chi connectivity index (χ4n) is 4.26. The van der Waals surface area contributed by atoms with Crippen LogP contribution in [0.3, 0.4) is 0 Å². The molecule has 0 aliphatic carbocycles. The van der Waals surface area contributed by atoms with Crippen molar-refractivity contribution in [3.63, 3.8) is 0 Å². The number of likely N-dealkylation sites (tertiary alicyclic amines) is 1. The van der Waals surface area contributed by atoms with Crippen molar-refractivity contribution in [3.05, 3.63) is 48.2 Å². The Labute approximate surface area is 186 Å². The van der Waals surface area contributed by atoms with Crippen LogP contribution in [0.15, 0.2) is 42.6 Å². The number of aliphatic carboxylic acids is 2. The van der Waals surface area contributed by atoms with Gasteiger partial charge in [-0.05, 0) is 44.0 Å². The second-order valence-corrected chi connectivity index (χ2v) is 8.48. The van der Waals surface area contributed by atoms with E-state index in [2.05, 4.69) is 60.2 Å². The minimum atomic E-state index is -2.27. The zero-order valence-electron chi connectivity index (χ0n) is 18.1. The second-order valence-electron chi connectivity index (χ2n) is 8.48. The lowest BCUT2D eigenvalue weighted by atomic mass is 10.0. The van der Waals surface area contributed by atoms with Gasteiger partial charge < -0.3 is 30.2 Å². The monoisotopic (exact) mass is 443 g/mol. The van der Waals surface area contributed by atoms with Crippen molar-refractivity contribution in [3.8, 4) is 11.3 Å². The summed E-state index contributed by atoms with van der Waals surface area (Å²) in [5.74, 6) is -1.87. The van der Waals surface area contributed by atoms with Gasteiger partial charge in [-0.3, -0.25) is 4.98 Å². The summed E-state index contributed by atoms with van der Waals surface area (Å²) in [7, 11) is 2.24. The lowest BCUT2D eigenvalue weighted by Crippen LogP contribution is -2.39. The Bertz CT molecular complexity index is 919. The summed E-state index contributed by atoms with van der Waals surface area (Å²) in [5.41, 5.74) is 4.81. The Morgan fingerprint density at radius 1 is 0.969 bits per heavy atom. The third-order valence-corrected chi connectivity index (χ3v) is 5.90. The van der Waals surface area contributed by atoms with Crippen molar-refractivity contribution in [2.45, 2.75) is 19.1 Å². The number of nitrogens with zero attached hydrogens (tertiary/aromatic N) is 3. The first-order valence-electron chi connectivity index (χ1n) is 10.4. The number of aryl methyl sites for hydroxylation is 1. The molecule has 3 heterocycles. The van der Waals surface area contributed by atoms with Crippen LogP contribution in [-0.4, -0.2) is 87.7 Å². The summed E-state index contributed by atoms with van der Waals surface area (Å²) in [6, 6.07) is 12.9. The average Bonchev–Trinajstić information content (AvgIpc) is 3.30. The number of benzene rings is 1. The molecule has 1 aromatic carbocycles. The molecule has 0 spiro atoms. The maximum Gasteiger partial charge on any atom is 0.335 e. The topological polar surface area (TPSA) is 134 Å². The standard InChI is InChI=1S/C19H23N3.C4H6O6/c1-14-4-3-5-15(8-14)19-7-6-18(9-20-19)22-12-16-10-21(2)11-17(16)13-22;5-1(3(7)8)2(6)4(9)10/h3-9,16-17H,10-13H2,1-2H3;1-2,5-6H,(H,7,8)(H,9,10). The predicted molar refractivity (Wildman–Crippen MR) is 118 cm³/mol. The quantitative estimate of drug-likeness (QED) is 0.532. The number of anilines is 1. The first-order chi connectivity index (χ1) is 15.2. The summed E-state index contributed by atoms with van der Waals surface area (Å²) < 4.78 is 0. The van der Waals surface area contributed by atoms with Crippen LogP contribution in [0.5, 0.6) is 0 Å². The molecule has 0 amide bonds. The van der Waals surface area contributed by atoms with Crippen molar-refractivity contribution in [2.75, 3.05) is 38.1 Å². The summed E-state index contributed by atoms with van der Waals surface area (Å²) in [6.45, 7) is 6.98. The first kappa shape index (κ1) is 23.6. The molecular formula is C23H29N3O6. The molecule has 4 N–H and O–H groups in total. The van der Waals surface area contributed by atoms with Crippen molar-refractivity contribution < 1.29 is 30.0 Å². The van der Waals surface area contributed by atoms with Crippen LogP contribution in [0.25, 0.3) is 11.3 Å². The van der Waals surface area contributed by atoms with Gasteiger partial charge >= 0.3 is 11.9 Å². The molecule has 9 nitrogen and oxygen atoms in total. The zero-order valence-corrected chi connectivity index (χ0v) is 18.1. The van der Waals surface area contributed by atoms with Crippen LogP contribution in [0.2, 0.25) is 0 Å². The number of hydrogen-bond donors (Lipinski definition) is 4. The highest BCUT2D eigenvalue weighted by molar-refractivity contribution is 5.83. The van der Waals surface area contributed by atoms with Crippen molar-refractivity contribution in [1.82, 2.24) is 9.88 Å². The average molecular weight is 444 g/mol. The van der Waals surface area contributed by atoms with Gasteiger partial charge in [-0.25, -0.2) is 9.59 Å². The minimum absolute atomic E-state index is 0.835. The summed E-state index contributed by atoms with van der Waals surface area (Å²) in [4.78, 5) is 29.2. The van der Waals surface area contributed by atoms with Gasteiger partial charge in [0.2, 0.25) is 0 Å². The lowest BCUT2D eigenvalue weighted by Gasteiger charge is -2.21. The largest absolute Gasteiger partial charge is 0.479 e. The first-order valence-corrected chi connectivity index (χ1v) is 10.4. The van der Waals surface area contributed by atoms with E-state index in [1.54, 1.807) is 0 Å². The number of carboxylic acids is 2. The molecule has 9 heteroatoms. The Balaban J connectivity index is 0.000000247. The molecule has 2 fully saturated rings. The van der Waals surface area contributed by atoms with Crippen LogP contribution in [0.1, 0.15) is 5.56 Å². The smallest absolute Gasteiger partial charge is 0.335 e. The molecule has 32 heavy (non-hydrogen) atoms. The van der Waals surface area contributed by atoms with E-state index in [4.69, 9.17) is 25.4 Å². The number of rotatable bonds is 5. The van der Waals surface area contributed by atoms with Crippen LogP contribution in [0, 0.1) is 18.8 Å². The third-order valence-electron chi connectivity index (χ3n) is 5.90. The van der Waals surface area contributed by atoms with E-state index in [0.717, 1.165) is 17.5 Å². The third kappa shape index (κ3) is 5.61. The predicted octanol–water partition coefficient (Wildman–Crippen LogP) is 0.932. The maximum atomic E-state index is 9.77. The molecule has 0 bridgehead atoms. The fraction of sp³-hybridized carbons (Fsp3) is 0.435. The van der Waals surface area contributed by atoms with Crippen molar-refractivity contribution >= 4 is 17.6 Å². The van der Waals surface area contributed by atoms with E-state index < -0.39 is 24.1 Å². The molecule has 0 radical (unpaired) electrons. The SMILES string of the molecule is Cc1cccc(-c2ccc(N3CC4CN(C)CC4C3)cn2)c1.O=C(O)C(O)C(O)C(=O)O. The number of aliphatic hydroxyl groups is 2. The normalized spacial score (nSPS) is 21.9. The Kier molecular flexibility index (Phi) is 7.44. The van der Waals surface area contributed by atoms with Crippen LogP contribution < -0.4 is 4.90 Å². The molecule has 2 aromatic rings. The molecule has 2 aliphatic heterocycles. The molecule has 1 aromatic heterocycles. The Morgan fingerprint density at radius 3 is 2.03 bits per heavy atom. The summed E-state index contributed by atoms with van der Waals surface area (Å²) in [6.07, 6.45) is -2.49. The van der Waals surface area contributed by atoms with Gasteiger partial charge in [0.25, 0.3) is 0 Å². The molecule has 4 rings (SSSR count). The fourth-order valence-corrected chi connectivity index (χ4v) is 4.26. The molecule has 0 saturated carbocycles. The highest BCUT2D eigenvalue weighted by atomic mass is 16.4. The maximum absolute atomic E-state index is 9.77. The van der Waals surface area contributed by atoms with Crippen LogP contribution in [-0.2, 0) is 9.59 Å². The van der Waals surface area contributed by atoms with Gasteiger partial charge in [0.15, 0.2) is 12.2 Å². The highest BCUT2D eigenvalue weighted by Crippen LogP contribution is 2.33. The van der Waals surface area contributed by atoms with Gasteiger partial charge in [0.1, 0.15) is 0 Å². The number of carboxylic acid groups (broad SMARTS) is 2. The zero-order chi connectivity index (χ0) is 23.4. The van der Waals surface area contributed by atoms with Crippen molar-refractivity contribution in [1.29, 1.82) is 0 Å². The molecular weight excluding hydrogens is 414 g/mol. The van der Waals surface area contributed by atoms with E-state index in [1.165, 1.54) is 43.0 Å². The van der Waals surface area contributed by atoms with E-state index in [-0.39, 0.29) is 0 Å². The Hall–Kier alpha value is -3.01. The Morgan fingerprint density at radius 2 is 1.56 bits per heavy atom. The van der Waals surface area contributed by atoms with Gasteiger partial charge in [0, 0.05) is 31.7 Å². The number of hydrogen-bond acceptors (Lipinski definition) is 7. The van der Waals surface area contributed by atoms with E-state index in [0.29, 0.717) is 0 Å².